The number of hydrogen-bond donors (Lipinski definition) is 1. The Labute approximate surface area is 110 Å². The van der Waals surface area contributed by atoms with Gasteiger partial charge >= 0.3 is 0 Å². The fraction of sp³-hybridized carbons (Fsp3) is 0.231. The van der Waals surface area contributed by atoms with Gasteiger partial charge in [0, 0.05) is 19.3 Å². The summed E-state index contributed by atoms with van der Waals surface area (Å²) in [6.07, 6.45) is 1.62. The van der Waals surface area contributed by atoms with Crippen molar-refractivity contribution < 1.29 is 9.13 Å². The Morgan fingerprint density at radius 1 is 1.37 bits per heavy atom. The average molecular weight is 262 g/mol. The number of hydrogen-bond acceptors (Lipinski definition) is 5. The zero-order chi connectivity index (χ0) is 13.8. The van der Waals surface area contributed by atoms with Crippen LogP contribution in [0, 0.1) is 5.82 Å². The van der Waals surface area contributed by atoms with Gasteiger partial charge in [0.1, 0.15) is 23.2 Å². The second-order valence-corrected chi connectivity index (χ2v) is 3.91. The van der Waals surface area contributed by atoms with Crippen LogP contribution in [-0.4, -0.2) is 24.1 Å². The van der Waals surface area contributed by atoms with E-state index in [1.165, 1.54) is 19.2 Å². The molecule has 2 aromatic rings. The fourth-order valence-electron chi connectivity index (χ4n) is 1.72. The van der Waals surface area contributed by atoms with E-state index in [0.29, 0.717) is 23.1 Å². The summed E-state index contributed by atoms with van der Waals surface area (Å²) >= 11 is 0. The minimum atomic E-state index is -0.337. The summed E-state index contributed by atoms with van der Waals surface area (Å²) in [5.74, 6) is 1.38. The van der Waals surface area contributed by atoms with Crippen molar-refractivity contribution >= 4 is 11.5 Å². The summed E-state index contributed by atoms with van der Waals surface area (Å²) in [5, 5.41) is 0. The zero-order valence-electron chi connectivity index (χ0n) is 10.8. The lowest BCUT2D eigenvalue weighted by molar-refractivity contribution is 0.414. The quantitative estimate of drug-likeness (QED) is 0.911. The third-order valence-corrected chi connectivity index (χ3v) is 2.72. The maximum atomic E-state index is 13.4. The zero-order valence-corrected chi connectivity index (χ0v) is 10.8. The van der Waals surface area contributed by atoms with Gasteiger partial charge in [-0.1, -0.05) is 0 Å². The summed E-state index contributed by atoms with van der Waals surface area (Å²) in [6.45, 7) is 0.252. The molecule has 0 aliphatic rings. The topological polar surface area (TPSA) is 64.3 Å². The molecule has 0 aliphatic carbocycles. The first-order chi connectivity index (χ1) is 9.15. The second-order valence-electron chi connectivity index (χ2n) is 3.91. The summed E-state index contributed by atoms with van der Waals surface area (Å²) in [4.78, 5) is 10.0. The maximum Gasteiger partial charge on any atom is 0.144 e. The molecule has 100 valence electrons. The van der Waals surface area contributed by atoms with E-state index in [9.17, 15) is 4.39 Å². The van der Waals surface area contributed by atoms with Crippen LogP contribution in [0.5, 0.6) is 5.75 Å². The molecule has 2 N–H and O–H groups in total. The van der Waals surface area contributed by atoms with Crippen LogP contribution in [0.15, 0.2) is 30.5 Å². The molecule has 0 fully saturated rings. The summed E-state index contributed by atoms with van der Waals surface area (Å²) in [5.41, 5.74) is 6.10. The van der Waals surface area contributed by atoms with E-state index in [2.05, 4.69) is 9.97 Å². The van der Waals surface area contributed by atoms with Crippen molar-refractivity contribution in [1.82, 2.24) is 9.97 Å². The SMILES string of the molecule is COc1ccc(F)cc1N(C)c1ccnc(CN)n1. The Bertz CT molecular complexity index is 576. The van der Waals surface area contributed by atoms with Gasteiger partial charge in [0.2, 0.25) is 0 Å². The molecule has 2 rings (SSSR count). The fourth-order valence-corrected chi connectivity index (χ4v) is 1.72. The van der Waals surface area contributed by atoms with E-state index in [1.54, 1.807) is 30.3 Å². The molecule has 0 saturated heterocycles. The van der Waals surface area contributed by atoms with Gasteiger partial charge in [-0.05, 0) is 18.2 Å². The molecule has 0 unspecified atom stereocenters. The molecule has 0 amide bonds. The summed E-state index contributed by atoms with van der Waals surface area (Å²) < 4.78 is 18.6. The highest BCUT2D eigenvalue weighted by Gasteiger charge is 2.12. The predicted octanol–water partition coefficient (Wildman–Crippen LogP) is 1.85. The minimum Gasteiger partial charge on any atom is -0.495 e. The molecule has 0 atom stereocenters. The molecule has 1 aromatic carbocycles. The predicted molar refractivity (Wildman–Crippen MR) is 70.9 cm³/mol. The largest absolute Gasteiger partial charge is 0.495 e. The van der Waals surface area contributed by atoms with E-state index < -0.39 is 0 Å². The van der Waals surface area contributed by atoms with Gasteiger partial charge < -0.3 is 15.4 Å². The Hall–Kier alpha value is -2.21. The number of methoxy groups -OCH3 is 1. The van der Waals surface area contributed by atoms with Crippen LogP contribution in [0.4, 0.5) is 15.9 Å². The monoisotopic (exact) mass is 262 g/mol. The lowest BCUT2D eigenvalue weighted by Crippen LogP contribution is -2.14. The van der Waals surface area contributed by atoms with Crippen LogP contribution in [0.2, 0.25) is 0 Å². The van der Waals surface area contributed by atoms with Crippen molar-refractivity contribution in [3.05, 3.63) is 42.1 Å². The maximum absolute atomic E-state index is 13.4. The first-order valence-electron chi connectivity index (χ1n) is 5.75. The molecule has 1 heterocycles. The first-order valence-corrected chi connectivity index (χ1v) is 5.75. The highest BCUT2D eigenvalue weighted by Crippen LogP contribution is 2.32. The smallest absolute Gasteiger partial charge is 0.144 e. The van der Waals surface area contributed by atoms with Crippen LogP contribution in [0.1, 0.15) is 5.82 Å². The Morgan fingerprint density at radius 3 is 2.84 bits per heavy atom. The highest BCUT2D eigenvalue weighted by atomic mass is 19.1. The second kappa shape index (κ2) is 5.62. The molecule has 6 heteroatoms. The van der Waals surface area contributed by atoms with Crippen LogP contribution in [0.25, 0.3) is 0 Å². The summed E-state index contributed by atoms with van der Waals surface area (Å²) in [7, 11) is 3.32. The normalized spacial score (nSPS) is 10.3. The van der Waals surface area contributed by atoms with E-state index in [0.717, 1.165) is 0 Å². The average Bonchev–Trinajstić information content (AvgIpc) is 2.46. The van der Waals surface area contributed by atoms with Crippen molar-refractivity contribution in [3.63, 3.8) is 0 Å². The lowest BCUT2D eigenvalue weighted by Gasteiger charge is -2.21. The molecule has 0 bridgehead atoms. The number of ether oxygens (including phenoxy) is 1. The lowest BCUT2D eigenvalue weighted by atomic mass is 10.2. The third-order valence-electron chi connectivity index (χ3n) is 2.72. The highest BCUT2D eigenvalue weighted by molar-refractivity contribution is 5.66. The van der Waals surface area contributed by atoms with Crippen molar-refractivity contribution in [1.29, 1.82) is 0 Å². The van der Waals surface area contributed by atoms with Gasteiger partial charge in [-0.15, -0.1) is 0 Å². The van der Waals surface area contributed by atoms with Gasteiger partial charge in [0.15, 0.2) is 0 Å². The van der Waals surface area contributed by atoms with Crippen LogP contribution in [0.3, 0.4) is 0 Å². The van der Waals surface area contributed by atoms with Crippen LogP contribution >= 0.6 is 0 Å². The minimum absolute atomic E-state index is 0.252. The third kappa shape index (κ3) is 2.79. The first kappa shape index (κ1) is 13.2. The Kier molecular flexibility index (Phi) is 3.91. The molecule has 0 aliphatic heterocycles. The summed E-state index contributed by atoms with van der Waals surface area (Å²) in [6, 6.07) is 6.04. The molecular formula is C13H15FN4O. The number of aromatic nitrogens is 2. The number of nitrogens with two attached hydrogens (primary N) is 1. The van der Waals surface area contributed by atoms with Crippen molar-refractivity contribution in [2.24, 2.45) is 5.73 Å². The van der Waals surface area contributed by atoms with Gasteiger partial charge in [-0.2, -0.15) is 0 Å². The van der Waals surface area contributed by atoms with E-state index >= 15 is 0 Å². The van der Waals surface area contributed by atoms with E-state index in [-0.39, 0.29) is 12.4 Å². The molecule has 0 radical (unpaired) electrons. The van der Waals surface area contributed by atoms with E-state index in [4.69, 9.17) is 10.5 Å². The standard InChI is InChI=1S/C13H15FN4O/c1-18(13-5-6-16-12(8-15)17-13)10-7-9(14)3-4-11(10)19-2/h3-7H,8,15H2,1-2H3. The van der Waals surface area contributed by atoms with Crippen LogP contribution < -0.4 is 15.4 Å². The number of benzene rings is 1. The van der Waals surface area contributed by atoms with Crippen molar-refractivity contribution in [3.8, 4) is 5.75 Å². The van der Waals surface area contributed by atoms with E-state index in [1.807, 2.05) is 0 Å². The van der Waals surface area contributed by atoms with Gasteiger partial charge in [-0.3, -0.25) is 0 Å². The molecular weight excluding hydrogens is 247 g/mol. The number of rotatable bonds is 4. The van der Waals surface area contributed by atoms with Crippen molar-refractivity contribution in [2.75, 3.05) is 19.1 Å². The number of halogens is 1. The molecule has 0 saturated carbocycles. The Morgan fingerprint density at radius 2 is 2.16 bits per heavy atom. The van der Waals surface area contributed by atoms with Gasteiger partial charge in [-0.25, -0.2) is 14.4 Å². The Balaban J connectivity index is 2.42. The molecule has 19 heavy (non-hydrogen) atoms. The number of nitrogens with zero attached hydrogens (tertiary/aromatic N) is 3. The molecule has 5 nitrogen and oxygen atoms in total. The van der Waals surface area contributed by atoms with Gasteiger partial charge in [0.25, 0.3) is 0 Å². The molecule has 0 spiro atoms. The van der Waals surface area contributed by atoms with Gasteiger partial charge in [0.05, 0.1) is 19.3 Å². The molecule has 1 aromatic heterocycles. The number of anilines is 2. The van der Waals surface area contributed by atoms with Crippen LogP contribution in [-0.2, 0) is 6.54 Å². The van der Waals surface area contributed by atoms with Crippen molar-refractivity contribution in [2.45, 2.75) is 6.54 Å².